The number of rotatable bonds is 2. The van der Waals surface area contributed by atoms with Gasteiger partial charge in [0, 0.05) is 0 Å². The number of anilines is 1. The van der Waals surface area contributed by atoms with Crippen molar-refractivity contribution < 1.29 is 18.3 Å². The minimum Gasteiger partial charge on any atom is -0.506 e. The van der Waals surface area contributed by atoms with Crippen LogP contribution in [0.15, 0.2) is 54.6 Å². The third kappa shape index (κ3) is 2.90. The molecule has 6 heteroatoms. The first kappa shape index (κ1) is 15.4. The molecular formula is C17H12F3NOS. The molecule has 0 spiro atoms. The van der Waals surface area contributed by atoms with E-state index in [0.29, 0.717) is 4.88 Å². The van der Waals surface area contributed by atoms with Gasteiger partial charge >= 0.3 is 6.18 Å². The van der Waals surface area contributed by atoms with E-state index in [2.05, 4.69) is 0 Å². The maximum absolute atomic E-state index is 12.9. The highest BCUT2D eigenvalue weighted by atomic mass is 32.1. The number of hydrogen-bond donors (Lipinski definition) is 2. The van der Waals surface area contributed by atoms with E-state index in [1.165, 1.54) is 12.1 Å². The largest absolute Gasteiger partial charge is 0.506 e. The zero-order valence-electron chi connectivity index (χ0n) is 11.8. The zero-order chi connectivity index (χ0) is 16.6. The van der Waals surface area contributed by atoms with Gasteiger partial charge in [0.25, 0.3) is 0 Å². The molecule has 2 aromatic carbocycles. The molecule has 0 unspecified atom stereocenters. The normalized spacial score (nSPS) is 11.6. The molecule has 3 rings (SSSR count). The van der Waals surface area contributed by atoms with Gasteiger partial charge in [-0.3, -0.25) is 0 Å². The van der Waals surface area contributed by atoms with Crippen LogP contribution in [0.25, 0.3) is 21.6 Å². The van der Waals surface area contributed by atoms with Gasteiger partial charge in [-0.2, -0.15) is 13.2 Å². The van der Waals surface area contributed by atoms with E-state index in [0.717, 1.165) is 29.0 Å². The van der Waals surface area contributed by atoms with Crippen LogP contribution >= 0.6 is 11.3 Å². The van der Waals surface area contributed by atoms with Crippen molar-refractivity contribution in [3.05, 3.63) is 60.2 Å². The van der Waals surface area contributed by atoms with Gasteiger partial charge < -0.3 is 10.8 Å². The van der Waals surface area contributed by atoms with Crippen molar-refractivity contribution in [2.45, 2.75) is 6.18 Å². The zero-order valence-corrected chi connectivity index (χ0v) is 12.6. The summed E-state index contributed by atoms with van der Waals surface area (Å²) in [5.41, 5.74) is 6.42. The maximum atomic E-state index is 12.9. The van der Waals surface area contributed by atoms with Crippen LogP contribution in [0.3, 0.4) is 0 Å². The summed E-state index contributed by atoms with van der Waals surface area (Å²) in [5, 5.41) is 10.7. The predicted molar refractivity (Wildman–Crippen MR) is 86.3 cm³/mol. The molecule has 0 atom stereocenters. The van der Waals surface area contributed by atoms with Crippen molar-refractivity contribution in [1.29, 1.82) is 0 Å². The highest BCUT2D eigenvalue weighted by Crippen LogP contribution is 2.49. The van der Waals surface area contributed by atoms with Crippen LogP contribution in [0.4, 0.5) is 18.2 Å². The van der Waals surface area contributed by atoms with Crippen LogP contribution in [-0.2, 0) is 6.18 Å². The number of hydrogen-bond acceptors (Lipinski definition) is 3. The van der Waals surface area contributed by atoms with Crippen LogP contribution in [-0.4, -0.2) is 5.11 Å². The molecule has 0 bridgehead atoms. The Morgan fingerprint density at radius 3 is 2.22 bits per heavy atom. The monoisotopic (exact) mass is 335 g/mol. The van der Waals surface area contributed by atoms with Crippen molar-refractivity contribution in [3.63, 3.8) is 0 Å². The Bertz CT molecular complexity index is 841. The smallest absolute Gasteiger partial charge is 0.416 e. The Hall–Kier alpha value is -2.47. The average Bonchev–Trinajstić information content (AvgIpc) is 2.82. The molecule has 0 aliphatic heterocycles. The Kier molecular flexibility index (Phi) is 3.77. The second-order valence-electron chi connectivity index (χ2n) is 4.96. The van der Waals surface area contributed by atoms with Gasteiger partial charge in [0.05, 0.1) is 21.0 Å². The molecule has 3 aromatic rings. The Labute approximate surface area is 134 Å². The van der Waals surface area contributed by atoms with Gasteiger partial charge in [0.2, 0.25) is 0 Å². The van der Waals surface area contributed by atoms with Gasteiger partial charge in [0.15, 0.2) is 0 Å². The summed E-state index contributed by atoms with van der Waals surface area (Å²) in [7, 11) is 0. The Morgan fingerprint density at radius 2 is 1.57 bits per heavy atom. The minimum atomic E-state index is -4.45. The van der Waals surface area contributed by atoms with Crippen LogP contribution < -0.4 is 5.73 Å². The molecular weight excluding hydrogens is 323 g/mol. The standard InChI is InChI=1S/C17H12F3NOS/c18-17(19,20)12-8-4-7-11(9-12)13-14(22)15(23-16(13)21)10-5-2-1-3-6-10/h1-9,22H,21H2. The van der Waals surface area contributed by atoms with Crippen molar-refractivity contribution >= 4 is 16.3 Å². The van der Waals surface area contributed by atoms with E-state index in [1.54, 1.807) is 12.1 Å². The second-order valence-corrected chi connectivity index (χ2v) is 6.02. The van der Waals surface area contributed by atoms with E-state index in [1.807, 2.05) is 18.2 Å². The molecule has 118 valence electrons. The van der Waals surface area contributed by atoms with Crippen LogP contribution in [0, 0.1) is 0 Å². The van der Waals surface area contributed by atoms with Crippen LogP contribution in [0.1, 0.15) is 5.56 Å². The number of thiophene rings is 1. The third-order valence-corrected chi connectivity index (χ3v) is 4.48. The molecule has 3 N–H and O–H groups in total. The maximum Gasteiger partial charge on any atom is 0.416 e. The number of alkyl halides is 3. The van der Waals surface area contributed by atoms with Gasteiger partial charge in [0.1, 0.15) is 5.75 Å². The van der Waals surface area contributed by atoms with Crippen molar-refractivity contribution in [1.82, 2.24) is 0 Å². The van der Waals surface area contributed by atoms with Gasteiger partial charge in [-0.1, -0.05) is 42.5 Å². The Balaban J connectivity index is 2.14. The fourth-order valence-corrected chi connectivity index (χ4v) is 3.34. The van der Waals surface area contributed by atoms with Gasteiger partial charge in [-0.05, 0) is 23.3 Å². The molecule has 0 fully saturated rings. The van der Waals surface area contributed by atoms with E-state index in [4.69, 9.17) is 5.73 Å². The van der Waals surface area contributed by atoms with E-state index in [-0.39, 0.29) is 21.9 Å². The summed E-state index contributed by atoms with van der Waals surface area (Å²) in [4.78, 5) is 0.538. The summed E-state index contributed by atoms with van der Waals surface area (Å²) in [6.07, 6.45) is -4.45. The lowest BCUT2D eigenvalue weighted by atomic mass is 10.0. The lowest BCUT2D eigenvalue weighted by molar-refractivity contribution is -0.137. The highest BCUT2D eigenvalue weighted by molar-refractivity contribution is 7.20. The molecule has 0 saturated heterocycles. The van der Waals surface area contributed by atoms with Crippen LogP contribution in [0.5, 0.6) is 5.75 Å². The molecule has 0 saturated carbocycles. The van der Waals surface area contributed by atoms with Crippen molar-refractivity contribution in [3.8, 4) is 27.3 Å². The first-order valence-corrected chi connectivity index (χ1v) is 7.54. The quantitative estimate of drug-likeness (QED) is 0.659. The fourth-order valence-electron chi connectivity index (χ4n) is 2.35. The lowest BCUT2D eigenvalue weighted by Crippen LogP contribution is -2.04. The minimum absolute atomic E-state index is 0.0991. The van der Waals surface area contributed by atoms with Crippen LogP contribution in [0.2, 0.25) is 0 Å². The molecule has 2 nitrogen and oxygen atoms in total. The summed E-state index contributed by atoms with van der Waals surface area (Å²) in [5.74, 6) is -0.0991. The van der Waals surface area contributed by atoms with Gasteiger partial charge in [-0.15, -0.1) is 11.3 Å². The molecule has 1 aromatic heterocycles. The van der Waals surface area contributed by atoms with E-state index in [9.17, 15) is 18.3 Å². The number of nitrogen functional groups attached to an aromatic ring is 1. The topological polar surface area (TPSA) is 46.2 Å². The SMILES string of the molecule is Nc1sc(-c2ccccc2)c(O)c1-c1cccc(C(F)(F)F)c1. The first-order valence-electron chi connectivity index (χ1n) is 6.72. The second kappa shape index (κ2) is 5.62. The number of nitrogens with two attached hydrogens (primary N) is 1. The number of benzene rings is 2. The highest BCUT2D eigenvalue weighted by Gasteiger charge is 2.31. The van der Waals surface area contributed by atoms with Gasteiger partial charge in [-0.25, -0.2) is 0 Å². The average molecular weight is 335 g/mol. The predicted octanol–water partition coefficient (Wildman–Crippen LogP) is 5.39. The molecule has 0 aliphatic rings. The molecule has 1 heterocycles. The molecule has 23 heavy (non-hydrogen) atoms. The fraction of sp³-hybridized carbons (Fsp3) is 0.0588. The van der Waals surface area contributed by atoms with E-state index >= 15 is 0 Å². The summed E-state index contributed by atoms with van der Waals surface area (Å²) in [6.45, 7) is 0. The molecule has 0 radical (unpaired) electrons. The Morgan fingerprint density at radius 1 is 0.913 bits per heavy atom. The van der Waals surface area contributed by atoms with Crippen molar-refractivity contribution in [2.24, 2.45) is 0 Å². The number of halogens is 3. The lowest BCUT2D eigenvalue weighted by Gasteiger charge is -2.09. The summed E-state index contributed by atoms with van der Waals surface area (Å²) >= 11 is 1.15. The molecule has 0 aliphatic carbocycles. The molecule has 0 amide bonds. The first-order chi connectivity index (χ1) is 10.9. The number of aromatic hydroxyl groups is 1. The van der Waals surface area contributed by atoms with Crippen molar-refractivity contribution in [2.75, 3.05) is 5.73 Å². The van der Waals surface area contributed by atoms with E-state index < -0.39 is 11.7 Å². The summed E-state index contributed by atoms with van der Waals surface area (Å²) in [6, 6.07) is 13.9. The third-order valence-electron chi connectivity index (χ3n) is 3.42. The summed E-state index contributed by atoms with van der Waals surface area (Å²) < 4.78 is 38.6.